The third-order valence-electron chi connectivity index (χ3n) is 1.78. The monoisotopic (exact) mass is 222 g/mol. The molecule has 0 bridgehead atoms. The summed E-state index contributed by atoms with van der Waals surface area (Å²) >= 11 is 0. The molecule has 0 saturated heterocycles. The van der Waals surface area contributed by atoms with Gasteiger partial charge in [-0.15, -0.1) is 0 Å². The van der Waals surface area contributed by atoms with Crippen molar-refractivity contribution in [2.75, 3.05) is 0 Å². The molecule has 1 heterocycles. The standard InChI is InChI=1S/C8H9F3N2O2/c1-4(2)13-5(8(9,10)11)3-6(14)12-7(13)15/h3-4H,1-2H3,(H,12,14,15). The fraction of sp³-hybridized carbons (Fsp3) is 0.500. The highest BCUT2D eigenvalue weighted by Gasteiger charge is 2.35. The molecule has 1 N–H and O–H groups in total. The van der Waals surface area contributed by atoms with Gasteiger partial charge in [0.2, 0.25) is 0 Å². The van der Waals surface area contributed by atoms with E-state index in [2.05, 4.69) is 0 Å². The summed E-state index contributed by atoms with van der Waals surface area (Å²) in [6.07, 6.45) is -4.71. The zero-order valence-corrected chi connectivity index (χ0v) is 8.05. The van der Waals surface area contributed by atoms with Crippen LogP contribution in [0.25, 0.3) is 0 Å². The summed E-state index contributed by atoms with van der Waals surface area (Å²) in [5.74, 6) is 0. The zero-order chi connectivity index (χ0) is 11.8. The van der Waals surface area contributed by atoms with Gasteiger partial charge in [-0.25, -0.2) is 4.79 Å². The lowest BCUT2D eigenvalue weighted by atomic mass is 10.3. The molecule has 4 nitrogen and oxygen atoms in total. The van der Waals surface area contributed by atoms with Crippen LogP contribution in [-0.4, -0.2) is 9.55 Å². The van der Waals surface area contributed by atoms with Crippen LogP contribution in [0, 0.1) is 0 Å². The molecule has 0 aliphatic rings. The minimum atomic E-state index is -4.71. The SMILES string of the molecule is CC(C)n1c(C(F)(F)F)cc(=O)[nH]c1=O. The van der Waals surface area contributed by atoms with Gasteiger partial charge in [-0.1, -0.05) is 0 Å². The van der Waals surface area contributed by atoms with Crippen molar-refractivity contribution in [1.82, 2.24) is 9.55 Å². The van der Waals surface area contributed by atoms with Crippen LogP contribution in [0.4, 0.5) is 13.2 Å². The maximum absolute atomic E-state index is 12.5. The number of nitrogens with zero attached hydrogens (tertiary/aromatic N) is 1. The summed E-state index contributed by atoms with van der Waals surface area (Å²) in [6.45, 7) is 2.85. The number of hydrogen-bond acceptors (Lipinski definition) is 2. The van der Waals surface area contributed by atoms with Gasteiger partial charge in [-0.2, -0.15) is 13.2 Å². The van der Waals surface area contributed by atoms with E-state index in [1.54, 1.807) is 4.98 Å². The minimum absolute atomic E-state index is 0.376. The Bertz CT molecular complexity index is 470. The lowest BCUT2D eigenvalue weighted by Crippen LogP contribution is -2.36. The van der Waals surface area contributed by atoms with Gasteiger partial charge in [-0.3, -0.25) is 14.3 Å². The minimum Gasteiger partial charge on any atom is -0.287 e. The Balaban J connectivity index is 3.62. The summed E-state index contributed by atoms with van der Waals surface area (Å²) in [7, 11) is 0. The van der Waals surface area contributed by atoms with Gasteiger partial charge in [0.1, 0.15) is 5.69 Å². The molecule has 0 aliphatic carbocycles. The summed E-state index contributed by atoms with van der Waals surface area (Å²) in [6, 6.07) is -0.299. The lowest BCUT2D eigenvalue weighted by molar-refractivity contribution is -0.145. The number of rotatable bonds is 1. The molecule has 0 amide bonds. The lowest BCUT2D eigenvalue weighted by Gasteiger charge is -2.16. The maximum Gasteiger partial charge on any atom is 0.431 e. The number of aromatic nitrogens is 2. The van der Waals surface area contributed by atoms with E-state index in [1.807, 2.05) is 0 Å². The number of hydrogen-bond donors (Lipinski definition) is 1. The van der Waals surface area contributed by atoms with Gasteiger partial charge in [0.15, 0.2) is 0 Å². The van der Waals surface area contributed by atoms with Crippen LogP contribution in [0.15, 0.2) is 15.7 Å². The fourth-order valence-electron chi connectivity index (χ4n) is 1.24. The van der Waals surface area contributed by atoms with Gasteiger partial charge >= 0.3 is 11.9 Å². The molecule has 0 saturated carbocycles. The molecule has 0 fully saturated rings. The van der Waals surface area contributed by atoms with Gasteiger partial charge in [0.05, 0.1) is 0 Å². The average Bonchev–Trinajstić information content (AvgIpc) is 1.99. The van der Waals surface area contributed by atoms with Crippen molar-refractivity contribution in [3.05, 3.63) is 32.6 Å². The van der Waals surface area contributed by atoms with E-state index < -0.39 is 29.2 Å². The predicted molar refractivity (Wildman–Crippen MR) is 46.7 cm³/mol. The Kier molecular flexibility index (Phi) is 2.74. The summed E-state index contributed by atoms with van der Waals surface area (Å²) in [4.78, 5) is 23.7. The average molecular weight is 222 g/mol. The van der Waals surface area contributed by atoms with E-state index in [4.69, 9.17) is 0 Å². The number of nitrogens with one attached hydrogen (secondary N) is 1. The molecule has 0 aliphatic heterocycles. The summed E-state index contributed by atoms with van der Waals surface area (Å²) in [5, 5.41) is 0. The van der Waals surface area contributed by atoms with Crippen LogP contribution in [0.2, 0.25) is 0 Å². The molecule has 0 radical (unpaired) electrons. The molecular weight excluding hydrogens is 213 g/mol. The van der Waals surface area contributed by atoms with Crippen LogP contribution in [0.1, 0.15) is 25.6 Å². The highest BCUT2D eigenvalue weighted by molar-refractivity contribution is 5.06. The van der Waals surface area contributed by atoms with E-state index in [1.165, 1.54) is 13.8 Å². The Morgan fingerprint density at radius 3 is 2.27 bits per heavy atom. The Hall–Kier alpha value is -1.53. The first-order chi connectivity index (χ1) is 6.73. The first-order valence-corrected chi connectivity index (χ1v) is 4.16. The second-order valence-corrected chi connectivity index (χ2v) is 3.29. The molecule has 0 atom stereocenters. The highest BCUT2D eigenvalue weighted by Crippen LogP contribution is 2.28. The van der Waals surface area contributed by atoms with Crippen molar-refractivity contribution in [3.63, 3.8) is 0 Å². The molecule has 1 aromatic rings. The predicted octanol–water partition coefficient (Wildman–Crippen LogP) is 1.14. The molecule has 0 unspecified atom stereocenters. The third kappa shape index (κ3) is 2.28. The van der Waals surface area contributed by atoms with Crippen molar-refractivity contribution in [2.45, 2.75) is 26.1 Å². The van der Waals surface area contributed by atoms with Gasteiger partial charge < -0.3 is 0 Å². The normalized spacial score (nSPS) is 12.1. The molecule has 1 rings (SSSR count). The largest absolute Gasteiger partial charge is 0.431 e. The second-order valence-electron chi connectivity index (χ2n) is 3.29. The van der Waals surface area contributed by atoms with Gasteiger partial charge in [0, 0.05) is 12.1 Å². The van der Waals surface area contributed by atoms with E-state index in [0.29, 0.717) is 10.6 Å². The van der Waals surface area contributed by atoms with E-state index in [9.17, 15) is 22.8 Å². The molecular formula is C8H9F3N2O2. The Morgan fingerprint density at radius 1 is 1.33 bits per heavy atom. The third-order valence-corrected chi connectivity index (χ3v) is 1.78. The molecule has 0 aromatic carbocycles. The number of alkyl halides is 3. The molecule has 1 aromatic heterocycles. The molecule has 15 heavy (non-hydrogen) atoms. The Labute approximate surface area is 82.4 Å². The van der Waals surface area contributed by atoms with E-state index in [-0.39, 0.29) is 0 Å². The van der Waals surface area contributed by atoms with E-state index >= 15 is 0 Å². The second kappa shape index (κ2) is 3.56. The molecule has 7 heteroatoms. The van der Waals surface area contributed by atoms with E-state index in [0.717, 1.165) is 0 Å². The summed E-state index contributed by atoms with van der Waals surface area (Å²) in [5.41, 5.74) is -3.33. The number of H-pyrrole nitrogens is 1. The van der Waals surface area contributed by atoms with Crippen LogP contribution >= 0.6 is 0 Å². The molecule has 0 spiro atoms. The quantitative estimate of drug-likeness (QED) is 0.774. The first kappa shape index (κ1) is 11.5. The Morgan fingerprint density at radius 2 is 1.87 bits per heavy atom. The topological polar surface area (TPSA) is 54.9 Å². The number of halogens is 3. The number of aromatic amines is 1. The first-order valence-electron chi connectivity index (χ1n) is 4.16. The maximum atomic E-state index is 12.5. The van der Waals surface area contributed by atoms with Crippen molar-refractivity contribution in [2.24, 2.45) is 0 Å². The summed E-state index contributed by atoms with van der Waals surface area (Å²) < 4.78 is 37.9. The van der Waals surface area contributed by atoms with Gasteiger partial charge in [-0.05, 0) is 13.8 Å². The van der Waals surface area contributed by atoms with Crippen LogP contribution in [0.5, 0.6) is 0 Å². The van der Waals surface area contributed by atoms with Crippen molar-refractivity contribution < 1.29 is 13.2 Å². The molecule has 84 valence electrons. The highest BCUT2D eigenvalue weighted by atomic mass is 19.4. The van der Waals surface area contributed by atoms with Gasteiger partial charge in [0.25, 0.3) is 5.56 Å². The fourth-order valence-corrected chi connectivity index (χ4v) is 1.24. The smallest absolute Gasteiger partial charge is 0.287 e. The van der Waals surface area contributed by atoms with Crippen molar-refractivity contribution in [3.8, 4) is 0 Å². The van der Waals surface area contributed by atoms with Crippen molar-refractivity contribution >= 4 is 0 Å². The zero-order valence-electron chi connectivity index (χ0n) is 8.05. The van der Waals surface area contributed by atoms with Crippen molar-refractivity contribution in [1.29, 1.82) is 0 Å². The van der Waals surface area contributed by atoms with Crippen LogP contribution in [0.3, 0.4) is 0 Å². The van der Waals surface area contributed by atoms with Crippen LogP contribution < -0.4 is 11.2 Å². The van der Waals surface area contributed by atoms with Crippen LogP contribution in [-0.2, 0) is 6.18 Å².